The lowest BCUT2D eigenvalue weighted by Crippen LogP contribution is -2.28. The Morgan fingerprint density at radius 1 is 1.16 bits per heavy atom. The number of rotatable bonds is 10. The molecule has 0 radical (unpaired) electrons. The van der Waals surface area contributed by atoms with Crippen LogP contribution in [0.5, 0.6) is 5.75 Å². The number of nitrogens with zero attached hydrogens (tertiary/aromatic N) is 6. The zero-order chi connectivity index (χ0) is 26.7. The van der Waals surface area contributed by atoms with Crippen LogP contribution in [0.15, 0.2) is 54.9 Å². The zero-order valence-electron chi connectivity index (χ0n) is 20.9. The van der Waals surface area contributed by atoms with Gasteiger partial charge in [0.25, 0.3) is 5.69 Å². The number of aromatic nitrogens is 3. The van der Waals surface area contributed by atoms with Crippen LogP contribution < -0.4 is 15.0 Å². The van der Waals surface area contributed by atoms with Crippen LogP contribution in [0.25, 0.3) is 22.2 Å². The Labute approximate surface area is 212 Å². The molecule has 0 aliphatic heterocycles. The monoisotopic (exact) mass is 511 g/mol. The van der Waals surface area contributed by atoms with Crippen LogP contribution >= 0.6 is 0 Å². The lowest BCUT2D eigenvalue weighted by Gasteiger charge is -2.22. The Kier molecular flexibility index (Phi) is 7.48. The fourth-order valence-corrected chi connectivity index (χ4v) is 4.01. The first-order valence-corrected chi connectivity index (χ1v) is 11.4. The fourth-order valence-electron chi connectivity index (χ4n) is 4.01. The molecule has 4 rings (SSSR count). The van der Waals surface area contributed by atoms with Gasteiger partial charge in [-0.3, -0.25) is 14.7 Å². The normalized spacial score (nSPS) is 11.4. The van der Waals surface area contributed by atoms with Crippen molar-refractivity contribution >= 4 is 33.9 Å². The molecule has 2 heterocycles. The SMILES string of the molecule is COc1cc(N(C)CCN(C)C)c([N+](=O)[O-])cc1Nc1nccc(-c2cn(C(F)F)c3ccccc23)n1. The quantitative estimate of drug-likeness (QED) is 0.230. The van der Waals surface area contributed by atoms with E-state index < -0.39 is 11.5 Å². The minimum absolute atomic E-state index is 0.110. The van der Waals surface area contributed by atoms with Crippen molar-refractivity contribution in [3.63, 3.8) is 0 Å². The van der Waals surface area contributed by atoms with Gasteiger partial charge in [0, 0.05) is 55.6 Å². The highest BCUT2D eigenvalue weighted by atomic mass is 19.3. The molecular weight excluding hydrogens is 484 g/mol. The Bertz CT molecular complexity index is 1420. The summed E-state index contributed by atoms with van der Waals surface area (Å²) in [4.78, 5) is 23.9. The maximum atomic E-state index is 13.6. The summed E-state index contributed by atoms with van der Waals surface area (Å²) in [5, 5.41) is 15.5. The second-order valence-corrected chi connectivity index (χ2v) is 8.66. The predicted molar refractivity (Wildman–Crippen MR) is 139 cm³/mol. The van der Waals surface area contributed by atoms with E-state index in [-0.39, 0.29) is 11.6 Å². The largest absolute Gasteiger partial charge is 0.494 e. The molecule has 0 amide bonds. The molecule has 10 nitrogen and oxygen atoms in total. The van der Waals surface area contributed by atoms with E-state index in [1.54, 1.807) is 48.3 Å². The molecule has 0 aliphatic carbocycles. The van der Waals surface area contributed by atoms with Gasteiger partial charge in [-0.1, -0.05) is 18.2 Å². The molecule has 2 aromatic heterocycles. The Morgan fingerprint density at radius 3 is 2.59 bits per heavy atom. The van der Waals surface area contributed by atoms with Crippen LogP contribution in [-0.4, -0.2) is 65.7 Å². The molecule has 0 spiro atoms. The predicted octanol–water partition coefficient (Wildman–Crippen LogP) is 5.15. The van der Waals surface area contributed by atoms with Gasteiger partial charge in [-0.2, -0.15) is 8.78 Å². The van der Waals surface area contributed by atoms with Crippen molar-refractivity contribution in [3.8, 4) is 17.0 Å². The number of alkyl halides is 2. The molecule has 0 saturated carbocycles. The molecular formula is C25H27F2N7O3. The molecule has 0 atom stereocenters. The number of anilines is 3. The number of nitrogens with one attached hydrogen (secondary N) is 1. The lowest BCUT2D eigenvalue weighted by molar-refractivity contribution is -0.384. The number of likely N-dealkylation sites (N-methyl/N-ethyl adjacent to an activating group) is 2. The number of hydrogen-bond donors (Lipinski definition) is 1. The second kappa shape index (κ2) is 10.7. The number of ether oxygens (including phenoxy) is 1. The third-order valence-electron chi connectivity index (χ3n) is 5.92. The molecule has 0 saturated heterocycles. The topological polar surface area (TPSA) is 102 Å². The highest BCUT2D eigenvalue weighted by molar-refractivity contribution is 5.95. The molecule has 37 heavy (non-hydrogen) atoms. The highest BCUT2D eigenvalue weighted by Crippen LogP contribution is 2.39. The number of para-hydroxylation sites is 1. The molecule has 1 N–H and O–H groups in total. The minimum Gasteiger partial charge on any atom is -0.494 e. The van der Waals surface area contributed by atoms with Crippen molar-refractivity contribution < 1.29 is 18.4 Å². The van der Waals surface area contributed by atoms with E-state index in [9.17, 15) is 18.9 Å². The van der Waals surface area contributed by atoms with E-state index in [1.807, 2.05) is 19.0 Å². The summed E-state index contributed by atoms with van der Waals surface area (Å²) in [6.07, 6.45) is 2.84. The third-order valence-corrected chi connectivity index (χ3v) is 5.92. The van der Waals surface area contributed by atoms with E-state index >= 15 is 0 Å². The number of fused-ring (bicyclic) bond motifs is 1. The average molecular weight is 512 g/mol. The first-order valence-electron chi connectivity index (χ1n) is 11.4. The average Bonchev–Trinajstić information content (AvgIpc) is 3.27. The van der Waals surface area contributed by atoms with Crippen LogP contribution in [0.4, 0.5) is 31.8 Å². The van der Waals surface area contributed by atoms with Gasteiger partial charge >= 0.3 is 6.55 Å². The minimum atomic E-state index is -2.71. The van der Waals surface area contributed by atoms with Crippen LogP contribution in [0.1, 0.15) is 6.55 Å². The van der Waals surface area contributed by atoms with Gasteiger partial charge in [0.1, 0.15) is 11.4 Å². The third kappa shape index (κ3) is 5.43. The molecule has 12 heteroatoms. The van der Waals surface area contributed by atoms with Crippen molar-refractivity contribution in [3.05, 3.63) is 65.0 Å². The Hall–Kier alpha value is -4.32. The summed E-state index contributed by atoms with van der Waals surface area (Å²) in [7, 11) is 7.09. The fraction of sp³-hybridized carbons (Fsp3) is 0.280. The smallest absolute Gasteiger partial charge is 0.319 e. The summed E-state index contributed by atoms with van der Waals surface area (Å²) in [6, 6.07) is 11.4. The molecule has 194 valence electrons. The summed E-state index contributed by atoms with van der Waals surface area (Å²) >= 11 is 0. The van der Waals surface area contributed by atoms with Gasteiger partial charge in [0.15, 0.2) is 0 Å². The molecule has 2 aromatic carbocycles. The highest BCUT2D eigenvalue weighted by Gasteiger charge is 2.23. The van der Waals surface area contributed by atoms with Crippen LogP contribution in [-0.2, 0) is 0 Å². The summed E-state index contributed by atoms with van der Waals surface area (Å²) in [5.74, 6) is 0.494. The standard InChI is InChI=1S/C25H27F2N7O3/c1-31(2)11-12-32(3)21-14-23(37-4)19(13-22(21)34(35)36)30-25-28-10-9-18(29-25)17-15-33(24(26)27)20-8-6-5-7-16(17)20/h5-10,13-15,24H,11-12H2,1-4H3,(H,28,29,30). The van der Waals surface area contributed by atoms with Crippen molar-refractivity contribution in [1.29, 1.82) is 0 Å². The first kappa shape index (κ1) is 25.8. The molecule has 0 unspecified atom stereocenters. The number of nitro groups is 1. The van der Waals surface area contributed by atoms with Gasteiger partial charge in [-0.15, -0.1) is 0 Å². The maximum absolute atomic E-state index is 13.6. The summed E-state index contributed by atoms with van der Waals surface area (Å²) in [5.41, 5.74) is 1.90. The van der Waals surface area contributed by atoms with E-state index in [4.69, 9.17) is 4.74 Å². The molecule has 0 fully saturated rings. The summed E-state index contributed by atoms with van der Waals surface area (Å²) in [6.45, 7) is -1.43. The second-order valence-electron chi connectivity index (χ2n) is 8.66. The number of hydrogen-bond acceptors (Lipinski definition) is 8. The van der Waals surface area contributed by atoms with Crippen LogP contribution in [0, 0.1) is 10.1 Å². The van der Waals surface area contributed by atoms with E-state index in [1.165, 1.54) is 25.6 Å². The number of benzene rings is 2. The van der Waals surface area contributed by atoms with Gasteiger partial charge in [0.2, 0.25) is 5.95 Å². The van der Waals surface area contributed by atoms with Crippen molar-refractivity contribution in [2.24, 2.45) is 0 Å². The Balaban J connectivity index is 1.71. The summed E-state index contributed by atoms with van der Waals surface area (Å²) < 4.78 is 33.6. The molecule has 0 aliphatic rings. The molecule has 4 aromatic rings. The van der Waals surface area contributed by atoms with Crippen molar-refractivity contribution in [1.82, 2.24) is 19.4 Å². The number of methoxy groups -OCH3 is 1. The van der Waals surface area contributed by atoms with Crippen molar-refractivity contribution in [2.45, 2.75) is 6.55 Å². The van der Waals surface area contributed by atoms with Gasteiger partial charge in [-0.25, -0.2) is 9.97 Å². The van der Waals surface area contributed by atoms with E-state index in [0.717, 1.165) is 4.57 Å². The van der Waals surface area contributed by atoms with E-state index in [2.05, 4.69) is 15.3 Å². The Morgan fingerprint density at radius 2 is 1.92 bits per heavy atom. The number of halogens is 2. The van der Waals surface area contributed by atoms with Gasteiger partial charge in [0.05, 0.1) is 28.9 Å². The first-order chi connectivity index (χ1) is 17.7. The van der Waals surface area contributed by atoms with Crippen molar-refractivity contribution in [2.75, 3.05) is 51.6 Å². The van der Waals surface area contributed by atoms with Gasteiger partial charge < -0.3 is 19.9 Å². The van der Waals surface area contributed by atoms with Crippen LogP contribution in [0.2, 0.25) is 0 Å². The zero-order valence-corrected chi connectivity index (χ0v) is 20.9. The lowest BCUT2D eigenvalue weighted by atomic mass is 10.1. The van der Waals surface area contributed by atoms with E-state index in [0.29, 0.717) is 52.4 Å². The number of nitro benzene ring substituents is 1. The molecule has 0 bridgehead atoms. The van der Waals surface area contributed by atoms with Crippen LogP contribution in [0.3, 0.4) is 0 Å². The van der Waals surface area contributed by atoms with Gasteiger partial charge in [-0.05, 0) is 26.2 Å². The maximum Gasteiger partial charge on any atom is 0.319 e.